The van der Waals surface area contributed by atoms with Crippen molar-refractivity contribution in [3.63, 3.8) is 0 Å². The van der Waals surface area contributed by atoms with Gasteiger partial charge in [-0.2, -0.15) is 0 Å². The summed E-state index contributed by atoms with van der Waals surface area (Å²) in [5.74, 6) is 1.64. The van der Waals surface area contributed by atoms with E-state index in [1.165, 1.54) is 5.56 Å². The van der Waals surface area contributed by atoms with Crippen LogP contribution in [-0.2, 0) is 0 Å². The highest BCUT2D eigenvalue weighted by molar-refractivity contribution is 5.80. The topological polar surface area (TPSA) is 47.3 Å². The number of nitrogens with zero attached hydrogens (tertiary/aromatic N) is 1. The summed E-state index contributed by atoms with van der Waals surface area (Å²) in [7, 11) is 1.65. The Kier molecular flexibility index (Phi) is 2.42. The van der Waals surface area contributed by atoms with Crippen LogP contribution in [0.15, 0.2) is 46.9 Å². The van der Waals surface area contributed by atoms with Gasteiger partial charge in [0, 0.05) is 12.2 Å². The largest absolute Gasteiger partial charge is 0.494 e. The van der Waals surface area contributed by atoms with Gasteiger partial charge >= 0.3 is 0 Å². The van der Waals surface area contributed by atoms with Crippen LogP contribution in [0.2, 0.25) is 0 Å². The molecule has 1 aromatic heterocycles. The number of benzene rings is 2. The fraction of sp³-hybridized carbons (Fsp3) is 0.188. The lowest BCUT2D eigenvalue weighted by molar-refractivity contribution is 0.419. The van der Waals surface area contributed by atoms with Gasteiger partial charge in [0.15, 0.2) is 11.1 Å². The van der Waals surface area contributed by atoms with Gasteiger partial charge in [-0.3, -0.25) is 0 Å². The van der Waals surface area contributed by atoms with Crippen molar-refractivity contribution in [3.8, 4) is 5.75 Å². The first-order valence-electron chi connectivity index (χ1n) is 6.63. The molecule has 1 N–H and O–H groups in total. The first kappa shape index (κ1) is 11.3. The Morgan fingerprint density at radius 3 is 3.00 bits per heavy atom. The van der Waals surface area contributed by atoms with E-state index in [-0.39, 0.29) is 5.92 Å². The summed E-state index contributed by atoms with van der Waals surface area (Å²) in [5.41, 5.74) is 3.95. The molecule has 1 aliphatic rings. The van der Waals surface area contributed by atoms with E-state index in [1.54, 1.807) is 7.11 Å². The number of hydrogen-bond donors (Lipinski definition) is 1. The number of anilines is 1. The zero-order valence-electron chi connectivity index (χ0n) is 11.1. The molecule has 20 heavy (non-hydrogen) atoms. The molecule has 2 heterocycles. The molecule has 1 unspecified atom stereocenters. The minimum Gasteiger partial charge on any atom is -0.494 e. The van der Waals surface area contributed by atoms with E-state index in [9.17, 15) is 0 Å². The zero-order valence-corrected chi connectivity index (χ0v) is 11.1. The Bertz CT molecular complexity index is 779. The van der Waals surface area contributed by atoms with E-state index in [0.29, 0.717) is 0 Å². The lowest BCUT2D eigenvalue weighted by atomic mass is 10.0. The van der Waals surface area contributed by atoms with Crippen molar-refractivity contribution in [2.24, 2.45) is 0 Å². The highest BCUT2D eigenvalue weighted by Gasteiger charge is 2.28. The van der Waals surface area contributed by atoms with Crippen LogP contribution in [0.1, 0.15) is 17.4 Å². The molecule has 0 saturated carbocycles. The Morgan fingerprint density at radius 2 is 2.10 bits per heavy atom. The van der Waals surface area contributed by atoms with Gasteiger partial charge in [-0.25, -0.2) is 4.98 Å². The predicted octanol–water partition coefficient (Wildman–Crippen LogP) is 3.39. The number of methoxy groups -OCH3 is 1. The molecule has 0 spiro atoms. The lowest BCUT2D eigenvalue weighted by Crippen LogP contribution is -2.03. The number of oxazole rings is 1. The summed E-state index contributed by atoms with van der Waals surface area (Å²) in [6.07, 6.45) is 0. The maximum absolute atomic E-state index is 5.92. The molecule has 0 fully saturated rings. The molecule has 100 valence electrons. The van der Waals surface area contributed by atoms with Crippen molar-refractivity contribution < 1.29 is 9.15 Å². The summed E-state index contributed by atoms with van der Waals surface area (Å²) in [6, 6.07) is 14.0. The van der Waals surface area contributed by atoms with Gasteiger partial charge in [0.05, 0.1) is 13.0 Å². The average Bonchev–Trinajstić information content (AvgIpc) is 3.10. The van der Waals surface area contributed by atoms with Gasteiger partial charge in [-0.05, 0) is 23.8 Å². The van der Waals surface area contributed by atoms with Crippen LogP contribution >= 0.6 is 0 Å². The Balaban J connectivity index is 1.84. The molecular formula is C16H14N2O2. The van der Waals surface area contributed by atoms with Crippen LogP contribution < -0.4 is 10.1 Å². The monoisotopic (exact) mass is 266 g/mol. The highest BCUT2D eigenvalue weighted by Crippen LogP contribution is 2.37. The molecule has 0 saturated heterocycles. The first-order chi connectivity index (χ1) is 9.86. The molecule has 2 aromatic carbocycles. The second kappa shape index (κ2) is 4.27. The molecule has 0 aliphatic carbocycles. The van der Waals surface area contributed by atoms with E-state index >= 15 is 0 Å². The summed E-state index contributed by atoms with van der Waals surface area (Å²) >= 11 is 0. The van der Waals surface area contributed by atoms with Gasteiger partial charge < -0.3 is 14.5 Å². The summed E-state index contributed by atoms with van der Waals surface area (Å²) in [4.78, 5) is 4.63. The first-order valence-corrected chi connectivity index (χ1v) is 6.63. The van der Waals surface area contributed by atoms with E-state index in [0.717, 1.165) is 35.0 Å². The van der Waals surface area contributed by atoms with Crippen molar-refractivity contribution in [2.75, 3.05) is 19.0 Å². The van der Waals surface area contributed by atoms with E-state index in [4.69, 9.17) is 9.15 Å². The van der Waals surface area contributed by atoms with Gasteiger partial charge in [0.1, 0.15) is 5.75 Å². The third-order valence-corrected chi connectivity index (χ3v) is 3.75. The minimum absolute atomic E-state index is 0.156. The van der Waals surface area contributed by atoms with E-state index in [2.05, 4.69) is 22.4 Å². The molecule has 0 amide bonds. The Labute approximate surface area is 116 Å². The van der Waals surface area contributed by atoms with Crippen LogP contribution in [0.25, 0.3) is 11.1 Å². The third kappa shape index (κ3) is 1.58. The average molecular weight is 266 g/mol. The molecule has 1 aliphatic heterocycles. The molecule has 4 rings (SSSR count). The van der Waals surface area contributed by atoms with Crippen LogP contribution in [0.4, 0.5) is 5.69 Å². The maximum Gasteiger partial charge on any atom is 0.205 e. The minimum atomic E-state index is 0.156. The normalized spacial score (nSPS) is 16.9. The number of ether oxygens (including phenoxy) is 1. The summed E-state index contributed by atoms with van der Waals surface area (Å²) in [5, 5.41) is 3.39. The fourth-order valence-electron chi connectivity index (χ4n) is 2.76. The van der Waals surface area contributed by atoms with Crippen LogP contribution in [0.3, 0.4) is 0 Å². The van der Waals surface area contributed by atoms with Crippen molar-refractivity contribution in [1.82, 2.24) is 4.98 Å². The summed E-state index contributed by atoms with van der Waals surface area (Å²) < 4.78 is 11.3. The quantitative estimate of drug-likeness (QED) is 0.772. The standard InChI is InChI=1S/C16H14N2O2/c1-19-13-7-4-8-14-15(13)18-16(20-14)11-9-17-12-6-3-2-5-10(11)12/h2-8,11,17H,9H2,1H3. The highest BCUT2D eigenvalue weighted by atomic mass is 16.5. The third-order valence-electron chi connectivity index (χ3n) is 3.75. The van der Waals surface area contributed by atoms with Gasteiger partial charge in [0.25, 0.3) is 0 Å². The van der Waals surface area contributed by atoms with Gasteiger partial charge in [0.2, 0.25) is 5.89 Å². The zero-order chi connectivity index (χ0) is 13.5. The Hall–Kier alpha value is -2.49. The molecule has 4 nitrogen and oxygen atoms in total. The smallest absolute Gasteiger partial charge is 0.205 e. The van der Waals surface area contributed by atoms with E-state index in [1.807, 2.05) is 30.3 Å². The van der Waals surface area contributed by atoms with Crippen LogP contribution in [-0.4, -0.2) is 18.6 Å². The number of aromatic nitrogens is 1. The number of fused-ring (bicyclic) bond motifs is 2. The number of nitrogens with one attached hydrogen (secondary N) is 1. The van der Waals surface area contributed by atoms with Crippen LogP contribution in [0, 0.1) is 0 Å². The number of hydrogen-bond acceptors (Lipinski definition) is 4. The van der Waals surface area contributed by atoms with Crippen molar-refractivity contribution >= 4 is 16.8 Å². The molecule has 0 radical (unpaired) electrons. The van der Waals surface area contributed by atoms with Gasteiger partial charge in [-0.1, -0.05) is 24.3 Å². The molecular weight excluding hydrogens is 252 g/mol. The van der Waals surface area contributed by atoms with Gasteiger partial charge in [-0.15, -0.1) is 0 Å². The predicted molar refractivity (Wildman–Crippen MR) is 77.3 cm³/mol. The maximum atomic E-state index is 5.92. The lowest BCUT2D eigenvalue weighted by Gasteiger charge is -2.04. The number of para-hydroxylation sites is 2. The molecule has 3 aromatic rings. The second-order valence-corrected chi connectivity index (χ2v) is 4.88. The number of rotatable bonds is 2. The van der Waals surface area contributed by atoms with Crippen molar-refractivity contribution in [3.05, 3.63) is 53.9 Å². The van der Waals surface area contributed by atoms with Crippen molar-refractivity contribution in [1.29, 1.82) is 0 Å². The van der Waals surface area contributed by atoms with Crippen molar-refractivity contribution in [2.45, 2.75) is 5.92 Å². The molecule has 4 heteroatoms. The summed E-state index contributed by atoms with van der Waals surface area (Å²) in [6.45, 7) is 0.814. The Morgan fingerprint density at radius 1 is 1.20 bits per heavy atom. The second-order valence-electron chi connectivity index (χ2n) is 4.88. The van der Waals surface area contributed by atoms with Crippen LogP contribution in [0.5, 0.6) is 5.75 Å². The molecule has 0 bridgehead atoms. The van der Waals surface area contributed by atoms with E-state index < -0.39 is 0 Å². The SMILES string of the molecule is COc1cccc2oc(C3CNc4ccccc43)nc12. The molecule has 1 atom stereocenters. The fourth-order valence-corrected chi connectivity index (χ4v) is 2.76.